The van der Waals surface area contributed by atoms with Gasteiger partial charge in [0.15, 0.2) is 5.96 Å². The minimum atomic E-state index is -0.273. The number of halogens is 1. The average molecular weight is 385 g/mol. The van der Waals surface area contributed by atoms with Crippen molar-refractivity contribution in [3.8, 4) is 5.75 Å². The van der Waals surface area contributed by atoms with E-state index in [0.29, 0.717) is 24.8 Å². The van der Waals surface area contributed by atoms with Crippen LogP contribution in [0.2, 0.25) is 0 Å². The highest BCUT2D eigenvalue weighted by Crippen LogP contribution is 2.17. The summed E-state index contributed by atoms with van der Waals surface area (Å²) in [5.41, 5.74) is 1.10. The first-order valence-corrected chi connectivity index (χ1v) is 9.70. The van der Waals surface area contributed by atoms with Crippen LogP contribution in [0.15, 0.2) is 47.6 Å². The molecule has 28 heavy (non-hydrogen) atoms. The van der Waals surface area contributed by atoms with Crippen molar-refractivity contribution in [3.63, 3.8) is 0 Å². The standard InChI is InChI=1S/C21H28FN5O/c1-16(28-19-8-6-18(22)7-9-19)13-25-21(23-2)26-15-17-5-10-20(24-14-17)27-11-3-4-12-27/h5-10,14,16H,3-4,11-13,15H2,1-2H3,(H2,23,25,26). The molecule has 0 saturated carbocycles. The molecule has 0 aliphatic carbocycles. The van der Waals surface area contributed by atoms with E-state index in [2.05, 4.69) is 37.6 Å². The molecule has 3 rings (SSSR count). The maximum absolute atomic E-state index is 13.0. The van der Waals surface area contributed by atoms with Crippen LogP contribution in [0.3, 0.4) is 0 Å². The molecule has 0 bridgehead atoms. The Morgan fingerprint density at radius 3 is 2.57 bits per heavy atom. The summed E-state index contributed by atoms with van der Waals surface area (Å²) in [5, 5.41) is 6.52. The van der Waals surface area contributed by atoms with Gasteiger partial charge >= 0.3 is 0 Å². The first kappa shape index (κ1) is 19.9. The molecule has 2 heterocycles. The monoisotopic (exact) mass is 385 g/mol. The van der Waals surface area contributed by atoms with Gasteiger partial charge in [0, 0.05) is 32.9 Å². The average Bonchev–Trinajstić information content (AvgIpc) is 3.25. The Morgan fingerprint density at radius 1 is 1.18 bits per heavy atom. The molecule has 1 atom stereocenters. The normalized spacial score (nSPS) is 15.4. The second-order valence-corrected chi connectivity index (χ2v) is 6.91. The highest BCUT2D eigenvalue weighted by Gasteiger charge is 2.13. The predicted molar refractivity (Wildman–Crippen MR) is 110 cm³/mol. The van der Waals surface area contributed by atoms with Crippen LogP contribution < -0.4 is 20.3 Å². The molecule has 2 aromatic rings. The smallest absolute Gasteiger partial charge is 0.191 e. The maximum Gasteiger partial charge on any atom is 0.191 e. The number of anilines is 1. The zero-order chi connectivity index (χ0) is 19.8. The summed E-state index contributed by atoms with van der Waals surface area (Å²) in [7, 11) is 1.73. The minimum absolute atomic E-state index is 0.0922. The van der Waals surface area contributed by atoms with E-state index >= 15 is 0 Å². The van der Waals surface area contributed by atoms with Gasteiger partial charge < -0.3 is 20.3 Å². The fourth-order valence-electron chi connectivity index (χ4n) is 3.09. The van der Waals surface area contributed by atoms with Gasteiger partial charge in [-0.15, -0.1) is 0 Å². The molecule has 150 valence electrons. The number of pyridine rings is 1. The van der Waals surface area contributed by atoms with Crippen LogP contribution in [0, 0.1) is 5.82 Å². The van der Waals surface area contributed by atoms with E-state index in [1.165, 1.54) is 25.0 Å². The van der Waals surface area contributed by atoms with E-state index in [0.717, 1.165) is 24.5 Å². The molecule has 7 heteroatoms. The van der Waals surface area contributed by atoms with E-state index in [4.69, 9.17) is 4.74 Å². The number of hydrogen-bond donors (Lipinski definition) is 2. The Morgan fingerprint density at radius 2 is 1.93 bits per heavy atom. The second kappa shape index (κ2) is 9.92. The van der Waals surface area contributed by atoms with Crippen molar-refractivity contribution in [1.29, 1.82) is 0 Å². The summed E-state index contributed by atoms with van der Waals surface area (Å²) in [6, 6.07) is 10.2. The van der Waals surface area contributed by atoms with Crippen LogP contribution in [0.5, 0.6) is 5.75 Å². The molecule has 1 unspecified atom stereocenters. The second-order valence-electron chi connectivity index (χ2n) is 6.91. The van der Waals surface area contributed by atoms with Gasteiger partial charge in [-0.05, 0) is 55.7 Å². The van der Waals surface area contributed by atoms with Gasteiger partial charge in [-0.1, -0.05) is 6.07 Å². The first-order chi connectivity index (χ1) is 13.6. The van der Waals surface area contributed by atoms with Crippen molar-refractivity contribution < 1.29 is 9.13 Å². The molecule has 1 aromatic heterocycles. The van der Waals surface area contributed by atoms with Crippen molar-refractivity contribution in [2.75, 3.05) is 31.6 Å². The number of hydrogen-bond acceptors (Lipinski definition) is 4. The van der Waals surface area contributed by atoms with Crippen molar-refractivity contribution in [2.24, 2.45) is 4.99 Å². The Bertz CT molecular complexity index is 757. The number of ether oxygens (including phenoxy) is 1. The van der Waals surface area contributed by atoms with Crippen LogP contribution in [0.4, 0.5) is 10.2 Å². The molecule has 1 aromatic carbocycles. The first-order valence-electron chi connectivity index (χ1n) is 9.70. The number of aliphatic imine (C=N–C) groups is 1. The number of guanidine groups is 1. The lowest BCUT2D eigenvalue weighted by molar-refractivity contribution is 0.223. The zero-order valence-corrected chi connectivity index (χ0v) is 16.5. The Labute approximate surface area is 165 Å². The highest BCUT2D eigenvalue weighted by molar-refractivity contribution is 5.79. The summed E-state index contributed by atoms with van der Waals surface area (Å²) in [6.45, 7) is 5.35. The fourth-order valence-corrected chi connectivity index (χ4v) is 3.09. The molecule has 6 nitrogen and oxygen atoms in total. The van der Waals surface area contributed by atoms with Gasteiger partial charge in [0.05, 0.1) is 6.54 Å². The number of nitrogens with zero attached hydrogens (tertiary/aromatic N) is 3. The summed E-state index contributed by atoms with van der Waals surface area (Å²) >= 11 is 0. The van der Waals surface area contributed by atoms with Gasteiger partial charge in [-0.25, -0.2) is 9.37 Å². The van der Waals surface area contributed by atoms with Crippen LogP contribution in [-0.2, 0) is 6.54 Å². The molecule has 1 aliphatic rings. The zero-order valence-electron chi connectivity index (χ0n) is 16.5. The van der Waals surface area contributed by atoms with Gasteiger partial charge in [0.1, 0.15) is 23.5 Å². The van der Waals surface area contributed by atoms with E-state index in [-0.39, 0.29) is 11.9 Å². The third-order valence-corrected chi connectivity index (χ3v) is 4.63. The van der Waals surface area contributed by atoms with Crippen LogP contribution in [-0.4, -0.2) is 43.7 Å². The summed E-state index contributed by atoms with van der Waals surface area (Å²) < 4.78 is 18.7. The van der Waals surface area contributed by atoms with E-state index < -0.39 is 0 Å². The van der Waals surface area contributed by atoms with Crippen molar-refractivity contribution >= 4 is 11.8 Å². The van der Waals surface area contributed by atoms with E-state index in [9.17, 15) is 4.39 Å². The number of aromatic nitrogens is 1. The third-order valence-electron chi connectivity index (χ3n) is 4.63. The van der Waals surface area contributed by atoms with Gasteiger partial charge in [-0.3, -0.25) is 4.99 Å². The molecule has 1 aliphatic heterocycles. The SMILES string of the molecule is CN=C(NCc1ccc(N2CCCC2)nc1)NCC(C)Oc1ccc(F)cc1. The molecular weight excluding hydrogens is 357 g/mol. The highest BCUT2D eigenvalue weighted by atomic mass is 19.1. The Kier molecular flexibility index (Phi) is 7.06. The van der Waals surface area contributed by atoms with Gasteiger partial charge in [0.25, 0.3) is 0 Å². The molecular formula is C21H28FN5O. The molecule has 0 amide bonds. The Balaban J connectivity index is 1.42. The van der Waals surface area contributed by atoms with E-state index in [1.807, 2.05) is 13.1 Å². The molecule has 0 radical (unpaired) electrons. The molecule has 1 saturated heterocycles. The number of nitrogens with one attached hydrogen (secondary N) is 2. The maximum atomic E-state index is 13.0. The van der Waals surface area contributed by atoms with Crippen molar-refractivity contribution in [3.05, 3.63) is 54.0 Å². The predicted octanol–water partition coefficient (Wildman–Crippen LogP) is 2.95. The lowest BCUT2D eigenvalue weighted by Crippen LogP contribution is -2.41. The molecule has 2 N–H and O–H groups in total. The van der Waals surface area contributed by atoms with Crippen LogP contribution in [0.1, 0.15) is 25.3 Å². The van der Waals surface area contributed by atoms with Gasteiger partial charge in [-0.2, -0.15) is 0 Å². The quantitative estimate of drug-likeness (QED) is 0.567. The molecule has 0 spiro atoms. The van der Waals surface area contributed by atoms with Crippen LogP contribution in [0.25, 0.3) is 0 Å². The lowest BCUT2D eigenvalue weighted by Gasteiger charge is -2.18. The third kappa shape index (κ3) is 5.84. The van der Waals surface area contributed by atoms with Gasteiger partial charge in [0.2, 0.25) is 0 Å². The van der Waals surface area contributed by atoms with Crippen molar-refractivity contribution in [2.45, 2.75) is 32.4 Å². The van der Waals surface area contributed by atoms with Crippen molar-refractivity contribution in [1.82, 2.24) is 15.6 Å². The number of rotatable bonds is 7. The summed E-state index contributed by atoms with van der Waals surface area (Å²) in [4.78, 5) is 11.1. The lowest BCUT2D eigenvalue weighted by atomic mass is 10.3. The summed E-state index contributed by atoms with van der Waals surface area (Å²) in [5.74, 6) is 2.11. The molecule has 1 fully saturated rings. The summed E-state index contributed by atoms with van der Waals surface area (Å²) in [6.07, 6.45) is 4.31. The topological polar surface area (TPSA) is 61.8 Å². The number of benzene rings is 1. The largest absolute Gasteiger partial charge is 0.489 e. The fraction of sp³-hybridized carbons (Fsp3) is 0.429. The van der Waals surface area contributed by atoms with E-state index in [1.54, 1.807) is 19.2 Å². The minimum Gasteiger partial charge on any atom is -0.489 e. The Hall–Kier alpha value is -2.83. The van der Waals surface area contributed by atoms with Crippen LogP contribution >= 0.6 is 0 Å².